The predicted molar refractivity (Wildman–Crippen MR) is 186 cm³/mol. The molecular formula is C39H69N3O3. The van der Waals surface area contributed by atoms with Gasteiger partial charge in [0.25, 0.3) is 0 Å². The number of esters is 1. The van der Waals surface area contributed by atoms with Crippen LogP contribution in [-0.2, 0) is 14.3 Å². The molecule has 258 valence electrons. The van der Waals surface area contributed by atoms with Crippen molar-refractivity contribution >= 4 is 11.9 Å². The Morgan fingerprint density at radius 3 is 2.20 bits per heavy atom. The molecule has 45 heavy (non-hydrogen) atoms. The van der Waals surface area contributed by atoms with Crippen LogP contribution in [0.5, 0.6) is 0 Å². The fourth-order valence-electron chi connectivity index (χ4n) is 9.89. The highest BCUT2D eigenvalue weighted by Gasteiger charge is 2.51. The minimum absolute atomic E-state index is 0.0386. The molecule has 8 atom stereocenters. The van der Waals surface area contributed by atoms with Crippen LogP contribution in [0, 0.1) is 47.3 Å². The lowest BCUT2D eigenvalue weighted by Gasteiger charge is -2.53. The molecule has 7 unspecified atom stereocenters. The lowest BCUT2D eigenvalue weighted by molar-refractivity contribution is -0.153. The highest BCUT2D eigenvalue weighted by molar-refractivity contribution is 5.81. The van der Waals surface area contributed by atoms with E-state index in [1.54, 1.807) is 5.57 Å². The molecule has 0 aromatic rings. The zero-order valence-corrected chi connectivity index (χ0v) is 30.3. The van der Waals surface area contributed by atoms with Gasteiger partial charge < -0.3 is 19.4 Å². The van der Waals surface area contributed by atoms with Crippen molar-refractivity contribution in [3.05, 3.63) is 11.6 Å². The Bertz CT molecular complexity index is 947. The monoisotopic (exact) mass is 628 g/mol. The summed E-state index contributed by atoms with van der Waals surface area (Å²) >= 11 is 0. The van der Waals surface area contributed by atoms with Crippen molar-refractivity contribution in [1.29, 1.82) is 0 Å². The summed E-state index contributed by atoms with van der Waals surface area (Å²) in [5.74, 6) is 6.27. The van der Waals surface area contributed by atoms with Gasteiger partial charge in [-0.1, -0.05) is 64.5 Å². The summed E-state index contributed by atoms with van der Waals surface area (Å²) in [6.45, 7) is 10.6. The summed E-state index contributed by atoms with van der Waals surface area (Å²) in [6.07, 6.45) is 19.2. The quantitative estimate of drug-likeness (QED) is 0.122. The molecule has 6 heteroatoms. The van der Waals surface area contributed by atoms with Crippen molar-refractivity contribution in [3.63, 3.8) is 0 Å². The van der Waals surface area contributed by atoms with Crippen LogP contribution >= 0.6 is 0 Å². The van der Waals surface area contributed by atoms with Crippen LogP contribution in [0.4, 0.5) is 0 Å². The number of carbonyl (C=O) groups is 2. The molecule has 3 fully saturated rings. The summed E-state index contributed by atoms with van der Waals surface area (Å²) in [7, 11) is 8.28. The van der Waals surface area contributed by atoms with Gasteiger partial charge in [0.05, 0.1) is 6.42 Å². The van der Waals surface area contributed by atoms with Crippen LogP contribution in [0.25, 0.3) is 0 Å². The van der Waals surface area contributed by atoms with Crippen molar-refractivity contribution in [2.75, 3.05) is 54.4 Å². The predicted octanol–water partition coefficient (Wildman–Crippen LogP) is 7.67. The highest BCUT2D eigenvalue weighted by Crippen LogP contribution is 2.58. The van der Waals surface area contributed by atoms with Gasteiger partial charge in [0, 0.05) is 25.9 Å². The summed E-state index contributed by atoms with van der Waals surface area (Å²) in [5, 5.41) is 0. The van der Waals surface area contributed by atoms with Gasteiger partial charge in [0.1, 0.15) is 6.10 Å². The smallest absolute Gasteiger partial charge is 0.306 e. The molecule has 0 radical (unpaired) electrons. The Hall–Kier alpha value is -1.40. The molecule has 0 spiro atoms. The first kappa shape index (κ1) is 36.4. The fourth-order valence-corrected chi connectivity index (χ4v) is 9.89. The number of amides is 1. The van der Waals surface area contributed by atoms with Crippen molar-refractivity contribution in [2.45, 2.75) is 123 Å². The topological polar surface area (TPSA) is 53.1 Å². The lowest BCUT2D eigenvalue weighted by atomic mass is 9.53. The number of nitrogens with zero attached hydrogens (tertiary/aromatic N) is 3. The van der Waals surface area contributed by atoms with E-state index in [4.69, 9.17) is 4.74 Å². The van der Waals surface area contributed by atoms with Crippen LogP contribution in [0.15, 0.2) is 11.6 Å². The average Bonchev–Trinajstić information content (AvgIpc) is 3.47. The molecule has 6 nitrogen and oxygen atoms in total. The molecule has 0 aliphatic heterocycles. The number of carbonyl (C=O) groups excluding carboxylic acids is 2. The molecule has 3 saturated carbocycles. The largest absolute Gasteiger partial charge is 0.462 e. The highest BCUT2D eigenvalue weighted by atomic mass is 16.5. The summed E-state index contributed by atoms with van der Waals surface area (Å²) < 4.78 is 6.26. The van der Waals surface area contributed by atoms with E-state index in [0.29, 0.717) is 17.8 Å². The minimum atomic E-state index is -0.180. The summed E-state index contributed by atoms with van der Waals surface area (Å²) in [5.41, 5.74) is 1.61. The zero-order chi connectivity index (χ0) is 32.5. The molecule has 4 aliphatic rings. The van der Waals surface area contributed by atoms with Crippen LogP contribution < -0.4 is 0 Å². The van der Waals surface area contributed by atoms with Gasteiger partial charge in [0.15, 0.2) is 0 Å². The molecule has 0 saturated heterocycles. The van der Waals surface area contributed by atoms with E-state index in [1.807, 2.05) is 4.90 Å². The standard InChI is InChI=1S/C39H69N3O3/c1-28(2)12-8-13-29(3)36-27-32(26-31-17-18-34-33-15-9-14-30(33)16-19-35(34)39(31)36)45-38(44)21-20-37(43)42(24-10-22-40(4)5)25-11-23-41(6)7/h17,28-30,32-36,39H,8-16,18-27H2,1-7H3/t29-,30?,32?,33?,34?,35?,36?,39?/m1/s1. The van der Waals surface area contributed by atoms with E-state index < -0.39 is 0 Å². The number of hydrogen-bond acceptors (Lipinski definition) is 5. The van der Waals surface area contributed by atoms with E-state index in [1.165, 1.54) is 57.8 Å². The van der Waals surface area contributed by atoms with Gasteiger partial charge in [0.2, 0.25) is 5.91 Å². The average molecular weight is 628 g/mol. The molecule has 0 aromatic carbocycles. The van der Waals surface area contributed by atoms with E-state index in [0.717, 1.165) is 81.5 Å². The first-order valence-corrected chi connectivity index (χ1v) is 19.0. The van der Waals surface area contributed by atoms with E-state index >= 15 is 0 Å². The minimum Gasteiger partial charge on any atom is -0.462 e. The van der Waals surface area contributed by atoms with Crippen molar-refractivity contribution in [3.8, 4) is 0 Å². The Kier molecular flexibility index (Phi) is 14.3. The van der Waals surface area contributed by atoms with Gasteiger partial charge in [-0.2, -0.15) is 0 Å². The van der Waals surface area contributed by atoms with Gasteiger partial charge in [-0.25, -0.2) is 0 Å². The number of fused-ring (bicyclic) bond motifs is 5. The summed E-state index contributed by atoms with van der Waals surface area (Å²) in [6, 6.07) is 0. The van der Waals surface area contributed by atoms with Crippen LogP contribution in [0.3, 0.4) is 0 Å². The first-order valence-electron chi connectivity index (χ1n) is 19.0. The second kappa shape index (κ2) is 17.7. The molecule has 4 aliphatic carbocycles. The van der Waals surface area contributed by atoms with Gasteiger partial charge in [-0.15, -0.1) is 0 Å². The normalized spacial score (nSPS) is 30.1. The third-order valence-electron chi connectivity index (χ3n) is 12.1. The second-order valence-corrected chi connectivity index (χ2v) is 16.5. The molecular weight excluding hydrogens is 558 g/mol. The zero-order valence-electron chi connectivity index (χ0n) is 30.3. The molecule has 0 N–H and O–H groups in total. The maximum absolute atomic E-state index is 13.3. The summed E-state index contributed by atoms with van der Waals surface area (Å²) in [4.78, 5) is 32.8. The third kappa shape index (κ3) is 10.5. The fraction of sp³-hybridized carbons (Fsp3) is 0.897. The Labute approximate surface area is 277 Å². The lowest BCUT2D eigenvalue weighted by Crippen LogP contribution is -2.46. The van der Waals surface area contributed by atoms with E-state index in [-0.39, 0.29) is 30.8 Å². The molecule has 0 heterocycles. The molecule has 0 aromatic heterocycles. The van der Waals surface area contributed by atoms with E-state index in [9.17, 15) is 9.59 Å². The molecule has 4 rings (SSSR count). The second-order valence-electron chi connectivity index (χ2n) is 16.5. The SMILES string of the molecule is CC(C)CCC[C@@H](C)C1CC(OC(=O)CCC(=O)N(CCCN(C)C)CCCN(C)C)CC2=CCC3C4CCCC4CCC3C21. The number of hydrogen-bond donors (Lipinski definition) is 0. The Morgan fingerprint density at radius 2 is 1.53 bits per heavy atom. The molecule has 0 bridgehead atoms. The van der Waals surface area contributed by atoms with E-state index in [2.05, 4.69) is 64.8 Å². The van der Waals surface area contributed by atoms with Crippen molar-refractivity contribution in [2.24, 2.45) is 47.3 Å². The van der Waals surface area contributed by atoms with Crippen LogP contribution in [0.2, 0.25) is 0 Å². The third-order valence-corrected chi connectivity index (χ3v) is 12.1. The number of ether oxygens (including phenoxy) is 1. The van der Waals surface area contributed by atoms with Crippen molar-refractivity contribution in [1.82, 2.24) is 14.7 Å². The Balaban J connectivity index is 1.37. The van der Waals surface area contributed by atoms with Gasteiger partial charge in [-0.05, 0) is 134 Å². The van der Waals surface area contributed by atoms with Crippen LogP contribution in [0.1, 0.15) is 117 Å². The van der Waals surface area contributed by atoms with Crippen molar-refractivity contribution < 1.29 is 14.3 Å². The number of rotatable bonds is 17. The molecule has 1 amide bonds. The maximum Gasteiger partial charge on any atom is 0.306 e. The first-order chi connectivity index (χ1) is 21.5. The number of allylic oxidation sites excluding steroid dienone is 1. The van der Waals surface area contributed by atoms with Gasteiger partial charge >= 0.3 is 5.97 Å². The van der Waals surface area contributed by atoms with Crippen LogP contribution in [-0.4, -0.2) is 87.0 Å². The van der Waals surface area contributed by atoms with Gasteiger partial charge in [-0.3, -0.25) is 9.59 Å². The maximum atomic E-state index is 13.3. The Morgan fingerprint density at radius 1 is 0.822 bits per heavy atom.